The van der Waals surface area contributed by atoms with E-state index < -0.39 is 11.9 Å². The van der Waals surface area contributed by atoms with Gasteiger partial charge in [0.05, 0.1) is 0 Å². The van der Waals surface area contributed by atoms with Crippen molar-refractivity contribution in [1.29, 1.82) is 0 Å². The fourth-order valence-corrected chi connectivity index (χ4v) is 4.96. The number of likely N-dealkylation sites (tertiary alicyclic amines) is 1. The van der Waals surface area contributed by atoms with Crippen LogP contribution in [0.2, 0.25) is 0 Å². The summed E-state index contributed by atoms with van der Waals surface area (Å²) in [7, 11) is 0. The molecule has 11 heteroatoms. The summed E-state index contributed by atoms with van der Waals surface area (Å²) in [5.41, 5.74) is 2.29. The van der Waals surface area contributed by atoms with E-state index in [1.807, 2.05) is 19.1 Å². The number of carbonyl (C=O) groups is 5. The van der Waals surface area contributed by atoms with Gasteiger partial charge in [-0.05, 0) is 62.8 Å². The molecule has 1 aromatic rings. The van der Waals surface area contributed by atoms with E-state index in [4.69, 9.17) is 0 Å². The highest BCUT2D eigenvalue weighted by Gasteiger charge is 2.31. The molecule has 3 rings (SSSR count). The molecule has 0 spiro atoms. The van der Waals surface area contributed by atoms with Crippen molar-refractivity contribution in [3.63, 3.8) is 0 Å². The zero-order valence-electron chi connectivity index (χ0n) is 22.2. The fourth-order valence-electron chi connectivity index (χ4n) is 4.96. The Labute approximate surface area is 224 Å². The van der Waals surface area contributed by atoms with Gasteiger partial charge in [-0.15, -0.1) is 0 Å². The van der Waals surface area contributed by atoms with Gasteiger partial charge in [-0.1, -0.05) is 12.1 Å². The van der Waals surface area contributed by atoms with Gasteiger partial charge >= 0.3 is 0 Å². The van der Waals surface area contributed by atoms with Crippen LogP contribution < -0.4 is 21.3 Å². The van der Waals surface area contributed by atoms with E-state index in [0.29, 0.717) is 24.6 Å². The minimum Gasteiger partial charge on any atom is -0.356 e. The predicted octanol–water partition coefficient (Wildman–Crippen LogP) is 0.667. The molecule has 2 saturated heterocycles. The molecular formula is C27H40N6O5. The highest BCUT2D eigenvalue weighted by molar-refractivity contribution is 6.01. The average molecular weight is 529 g/mol. The monoisotopic (exact) mass is 528 g/mol. The fraction of sp³-hybridized carbons (Fsp3) is 0.593. The Morgan fingerprint density at radius 2 is 1.92 bits per heavy atom. The van der Waals surface area contributed by atoms with Gasteiger partial charge in [-0.25, -0.2) is 0 Å². The lowest BCUT2D eigenvalue weighted by molar-refractivity contribution is -0.141. The molecule has 1 atom stereocenters. The van der Waals surface area contributed by atoms with Gasteiger partial charge in [0.1, 0.15) is 6.04 Å². The van der Waals surface area contributed by atoms with Crippen LogP contribution in [-0.4, -0.2) is 85.1 Å². The maximum atomic E-state index is 12.6. The second kappa shape index (κ2) is 15.2. The number of nitrogens with one attached hydrogen (secondary N) is 4. The number of imide groups is 1. The number of piperidine rings is 2. The van der Waals surface area contributed by atoms with Crippen LogP contribution in [0, 0.1) is 6.92 Å². The maximum Gasteiger partial charge on any atom is 0.249 e. The third kappa shape index (κ3) is 8.91. The van der Waals surface area contributed by atoms with Crippen molar-refractivity contribution in [1.82, 2.24) is 25.8 Å². The molecule has 0 aromatic heterocycles. The predicted molar refractivity (Wildman–Crippen MR) is 143 cm³/mol. The third-order valence-electron chi connectivity index (χ3n) is 7.27. The van der Waals surface area contributed by atoms with E-state index in [2.05, 4.69) is 26.2 Å². The summed E-state index contributed by atoms with van der Waals surface area (Å²) in [6.07, 6.45) is 5.87. The summed E-state index contributed by atoms with van der Waals surface area (Å²) in [5, 5.41) is 11.5. The third-order valence-corrected chi connectivity index (χ3v) is 7.27. The number of benzene rings is 1. The number of nitrogens with zero attached hydrogens (tertiary/aromatic N) is 2. The lowest BCUT2D eigenvalue weighted by Crippen LogP contribution is -2.51. The number of amides is 5. The molecule has 38 heavy (non-hydrogen) atoms. The van der Waals surface area contributed by atoms with Crippen LogP contribution in [0.15, 0.2) is 18.2 Å². The number of aryl methyl sites for hydroxylation is 1. The molecule has 2 fully saturated rings. The van der Waals surface area contributed by atoms with Crippen molar-refractivity contribution in [3.05, 3.63) is 29.3 Å². The molecule has 1 unspecified atom stereocenters. The van der Waals surface area contributed by atoms with Crippen LogP contribution in [0.5, 0.6) is 0 Å². The van der Waals surface area contributed by atoms with Gasteiger partial charge in [0.15, 0.2) is 0 Å². The van der Waals surface area contributed by atoms with Gasteiger partial charge in [-0.3, -0.25) is 29.3 Å². The van der Waals surface area contributed by atoms with Crippen molar-refractivity contribution in [2.45, 2.75) is 70.5 Å². The highest BCUT2D eigenvalue weighted by atomic mass is 16.2. The molecule has 5 amide bonds. The lowest BCUT2D eigenvalue weighted by Gasteiger charge is -2.31. The maximum absolute atomic E-state index is 12.6. The van der Waals surface area contributed by atoms with E-state index in [1.165, 1.54) is 4.90 Å². The van der Waals surface area contributed by atoms with Crippen molar-refractivity contribution < 1.29 is 24.0 Å². The summed E-state index contributed by atoms with van der Waals surface area (Å²) in [4.78, 5) is 62.5. The highest BCUT2D eigenvalue weighted by Crippen LogP contribution is 2.24. The van der Waals surface area contributed by atoms with Gasteiger partial charge < -0.3 is 25.8 Å². The summed E-state index contributed by atoms with van der Waals surface area (Å²) < 4.78 is 0. The molecule has 4 N–H and O–H groups in total. The Hall–Kier alpha value is -3.31. The first-order valence-corrected chi connectivity index (χ1v) is 13.5. The van der Waals surface area contributed by atoms with Crippen molar-refractivity contribution in [2.24, 2.45) is 0 Å². The van der Waals surface area contributed by atoms with Crippen LogP contribution >= 0.6 is 0 Å². The zero-order chi connectivity index (χ0) is 27.3. The summed E-state index contributed by atoms with van der Waals surface area (Å²) >= 11 is 0. The number of rotatable bonds is 15. The Morgan fingerprint density at radius 1 is 1.13 bits per heavy atom. The number of unbranched alkanes of at least 4 members (excludes halogenated alkanes) is 1. The van der Waals surface area contributed by atoms with Crippen LogP contribution in [0.3, 0.4) is 0 Å². The Bertz CT molecular complexity index is 979. The van der Waals surface area contributed by atoms with Crippen molar-refractivity contribution >= 4 is 36.2 Å². The van der Waals surface area contributed by atoms with E-state index in [9.17, 15) is 24.0 Å². The molecule has 2 aliphatic rings. The second-order valence-electron chi connectivity index (χ2n) is 10.0. The molecular weight excluding hydrogens is 488 g/mol. The van der Waals surface area contributed by atoms with Gasteiger partial charge in [-0.2, -0.15) is 0 Å². The average Bonchev–Trinajstić information content (AvgIpc) is 2.89. The lowest BCUT2D eigenvalue weighted by atomic mass is 10.0. The van der Waals surface area contributed by atoms with Gasteiger partial charge in [0.2, 0.25) is 30.5 Å². The SMILES string of the molecule is Cc1cccc(NC(=O)CCCCNCCN2CCC(NC=O)CC2)c1CN(C=O)C1CCC(=O)NC1=O. The van der Waals surface area contributed by atoms with Crippen molar-refractivity contribution in [3.8, 4) is 0 Å². The number of hydrogen-bond acceptors (Lipinski definition) is 7. The number of anilines is 1. The molecule has 0 radical (unpaired) electrons. The quantitative estimate of drug-likeness (QED) is 0.149. The number of hydrogen-bond donors (Lipinski definition) is 4. The van der Waals surface area contributed by atoms with E-state index in [0.717, 1.165) is 75.9 Å². The van der Waals surface area contributed by atoms with E-state index in [-0.39, 0.29) is 31.2 Å². The van der Waals surface area contributed by atoms with E-state index in [1.54, 1.807) is 6.07 Å². The Balaban J connectivity index is 1.38. The first kappa shape index (κ1) is 29.2. The van der Waals surface area contributed by atoms with Crippen LogP contribution in [-0.2, 0) is 30.5 Å². The molecule has 2 aliphatic heterocycles. The smallest absolute Gasteiger partial charge is 0.249 e. The minimum absolute atomic E-state index is 0.0951. The molecule has 0 bridgehead atoms. The normalized spacial score (nSPS) is 18.5. The first-order chi connectivity index (χ1) is 18.4. The Kier molecular flexibility index (Phi) is 11.7. The molecule has 11 nitrogen and oxygen atoms in total. The molecule has 208 valence electrons. The van der Waals surface area contributed by atoms with Crippen LogP contribution in [0.1, 0.15) is 56.1 Å². The van der Waals surface area contributed by atoms with Gasteiger partial charge in [0.25, 0.3) is 0 Å². The molecule has 1 aromatic carbocycles. The van der Waals surface area contributed by atoms with Crippen LogP contribution in [0.25, 0.3) is 0 Å². The summed E-state index contributed by atoms with van der Waals surface area (Å²) in [5.74, 6) is -0.902. The largest absolute Gasteiger partial charge is 0.356 e. The minimum atomic E-state index is -0.716. The standard InChI is InChI=1S/C27H40N6O5/c1-20-5-4-6-23(22(20)17-33(19-35)24-8-9-26(37)31-27(24)38)30-25(36)7-2-3-12-28-13-16-32-14-10-21(11-15-32)29-18-34/h4-6,18-19,21,24,28H,2-3,7-17H2,1H3,(H,29,34)(H,30,36)(H,31,37,38). The molecule has 0 aliphatic carbocycles. The second-order valence-corrected chi connectivity index (χ2v) is 10.0. The summed E-state index contributed by atoms with van der Waals surface area (Å²) in [6, 6.07) is 5.12. The molecule has 0 saturated carbocycles. The molecule has 2 heterocycles. The van der Waals surface area contributed by atoms with Gasteiger partial charge in [0, 0.05) is 57.3 Å². The van der Waals surface area contributed by atoms with E-state index >= 15 is 0 Å². The number of carbonyl (C=O) groups excluding carboxylic acids is 5. The summed E-state index contributed by atoms with van der Waals surface area (Å²) in [6.45, 7) is 6.75. The van der Waals surface area contributed by atoms with Crippen LogP contribution in [0.4, 0.5) is 5.69 Å². The topological polar surface area (TPSA) is 140 Å². The first-order valence-electron chi connectivity index (χ1n) is 13.5. The Morgan fingerprint density at radius 3 is 2.63 bits per heavy atom. The zero-order valence-corrected chi connectivity index (χ0v) is 22.2. The van der Waals surface area contributed by atoms with Crippen molar-refractivity contribution in [2.75, 3.05) is 38.0 Å².